The topological polar surface area (TPSA) is 54.3 Å². The molecule has 1 N–H and O–H groups in total. The molecule has 110 valence electrons. The first-order valence-corrected chi connectivity index (χ1v) is 7.08. The molecule has 5 nitrogen and oxygen atoms in total. The molecule has 1 fully saturated rings. The molecule has 0 atom stereocenters. The molecule has 1 aliphatic rings. The Morgan fingerprint density at radius 3 is 2.55 bits per heavy atom. The molecule has 0 radical (unpaired) electrons. The van der Waals surface area contributed by atoms with E-state index in [0.29, 0.717) is 6.54 Å². The Morgan fingerprint density at radius 2 is 1.95 bits per heavy atom. The number of aryl methyl sites for hydroxylation is 1. The number of hydrogen-bond donors (Lipinski definition) is 1. The molecule has 5 heteroatoms. The van der Waals surface area contributed by atoms with Crippen molar-refractivity contribution < 1.29 is 4.79 Å². The highest BCUT2D eigenvalue weighted by Crippen LogP contribution is 2.22. The second-order valence-electron chi connectivity index (χ2n) is 6.02. The van der Waals surface area contributed by atoms with Crippen LogP contribution in [0.15, 0.2) is 23.0 Å². The fourth-order valence-electron chi connectivity index (χ4n) is 2.58. The Labute approximate surface area is 119 Å². The van der Waals surface area contributed by atoms with Gasteiger partial charge in [0.05, 0.1) is 5.41 Å². The molecule has 0 aliphatic carbocycles. The van der Waals surface area contributed by atoms with Gasteiger partial charge in [0.25, 0.3) is 5.56 Å². The molecule has 1 aromatic rings. The number of hydrogen-bond acceptors (Lipinski definition) is 3. The van der Waals surface area contributed by atoms with Gasteiger partial charge >= 0.3 is 0 Å². The molecule has 2 rings (SSSR count). The first kappa shape index (κ1) is 14.8. The van der Waals surface area contributed by atoms with Gasteiger partial charge in [-0.3, -0.25) is 9.59 Å². The number of nitrogens with one attached hydrogen (secondary N) is 1. The third kappa shape index (κ3) is 3.10. The Morgan fingerprint density at radius 1 is 1.30 bits per heavy atom. The van der Waals surface area contributed by atoms with Crippen molar-refractivity contribution in [3.63, 3.8) is 0 Å². The van der Waals surface area contributed by atoms with Crippen LogP contribution < -0.4 is 10.9 Å². The summed E-state index contributed by atoms with van der Waals surface area (Å²) in [5, 5.41) is 3.24. The van der Waals surface area contributed by atoms with Gasteiger partial charge < -0.3 is 14.8 Å². The molecular formula is C15H23N3O2. The Bertz CT molecular complexity index is 542. The van der Waals surface area contributed by atoms with E-state index >= 15 is 0 Å². The summed E-state index contributed by atoms with van der Waals surface area (Å²) < 4.78 is 1.68. The molecule has 2 heterocycles. The number of rotatable bonds is 3. The van der Waals surface area contributed by atoms with E-state index in [0.717, 1.165) is 31.9 Å². The first-order valence-electron chi connectivity index (χ1n) is 7.08. The van der Waals surface area contributed by atoms with Crippen LogP contribution in [0, 0.1) is 12.3 Å². The van der Waals surface area contributed by atoms with E-state index in [2.05, 4.69) is 5.32 Å². The standard InChI is InChI=1S/C15H23N3O2/c1-12-5-4-6-13(19)18(12)11-15(2,3)14(20)17-9-7-16-8-10-17/h4-6,16H,7-11H2,1-3H3. The fourth-order valence-corrected chi connectivity index (χ4v) is 2.58. The van der Waals surface area contributed by atoms with E-state index in [-0.39, 0.29) is 11.5 Å². The molecule has 1 aromatic heterocycles. The molecule has 1 saturated heterocycles. The minimum atomic E-state index is -0.576. The number of nitrogens with zero attached hydrogens (tertiary/aromatic N) is 2. The lowest BCUT2D eigenvalue weighted by molar-refractivity contribution is -0.141. The maximum Gasteiger partial charge on any atom is 0.250 e. The van der Waals surface area contributed by atoms with Crippen molar-refractivity contribution in [2.45, 2.75) is 27.3 Å². The van der Waals surface area contributed by atoms with Crippen LogP contribution in [0.4, 0.5) is 0 Å². The van der Waals surface area contributed by atoms with Gasteiger partial charge in [0.2, 0.25) is 5.91 Å². The predicted molar refractivity (Wildman–Crippen MR) is 78.7 cm³/mol. The summed E-state index contributed by atoms with van der Waals surface area (Å²) in [6.07, 6.45) is 0. The average molecular weight is 277 g/mol. The molecule has 0 unspecified atom stereocenters. The monoisotopic (exact) mass is 277 g/mol. The van der Waals surface area contributed by atoms with Crippen molar-refractivity contribution in [2.75, 3.05) is 26.2 Å². The van der Waals surface area contributed by atoms with Crippen molar-refractivity contribution >= 4 is 5.91 Å². The van der Waals surface area contributed by atoms with E-state index in [4.69, 9.17) is 0 Å². The van der Waals surface area contributed by atoms with E-state index in [1.807, 2.05) is 31.7 Å². The van der Waals surface area contributed by atoms with Crippen LogP contribution in [-0.4, -0.2) is 41.6 Å². The molecule has 0 aromatic carbocycles. The van der Waals surface area contributed by atoms with Gasteiger partial charge in [0, 0.05) is 44.5 Å². The highest BCUT2D eigenvalue weighted by Gasteiger charge is 2.33. The van der Waals surface area contributed by atoms with Gasteiger partial charge in [-0.25, -0.2) is 0 Å². The molecule has 20 heavy (non-hydrogen) atoms. The van der Waals surface area contributed by atoms with Gasteiger partial charge in [-0.05, 0) is 26.8 Å². The molecule has 0 bridgehead atoms. The van der Waals surface area contributed by atoms with E-state index < -0.39 is 5.41 Å². The van der Waals surface area contributed by atoms with E-state index in [1.54, 1.807) is 16.7 Å². The van der Waals surface area contributed by atoms with Crippen LogP contribution in [-0.2, 0) is 11.3 Å². The second kappa shape index (κ2) is 5.79. The quantitative estimate of drug-likeness (QED) is 0.881. The summed E-state index contributed by atoms with van der Waals surface area (Å²) in [4.78, 5) is 26.5. The van der Waals surface area contributed by atoms with Crippen LogP contribution >= 0.6 is 0 Å². The number of piperazine rings is 1. The second-order valence-corrected chi connectivity index (χ2v) is 6.02. The summed E-state index contributed by atoms with van der Waals surface area (Å²) in [5.74, 6) is 0.120. The van der Waals surface area contributed by atoms with Crippen molar-refractivity contribution in [1.29, 1.82) is 0 Å². The van der Waals surface area contributed by atoms with Gasteiger partial charge in [-0.2, -0.15) is 0 Å². The Hall–Kier alpha value is -1.62. The Kier molecular flexibility index (Phi) is 4.28. The molecule has 1 amide bonds. The summed E-state index contributed by atoms with van der Waals surface area (Å²) in [5.41, 5.74) is 0.262. The van der Waals surface area contributed by atoms with E-state index in [1.165, 1.54) is 0 Å². The zero-order valence-electron chi connectivity index (χ0n) is 12.5. The zero-order chi connectivity index (χ0) is 14.8. The maximum atomic E-state index is 12.6. The maximum absolute atomic E-state index is 12.6. The van der Waals surface area contributed by atoms with Crippen LogP contribution in [0.1, 0.15) is 19.5 Å². The lowest BCUT2D eigenvalue weighted by atomic mass is 9.90. The SMILES string of the molecule is Cc1cccc(=O)n1CC(C)(C)C(=O)N1CCNCC1. The number of pyridine rings is 1. The third-order valence-electron chi connectivity index (χ3n) is 3.80. The van der Waals surface area contributed by atoms with Gasteiger partial charge in [-0.15, -0.1) is 0 Å². The third-order valence-corrected chi connectivity index (χ3v) is 3.80. The summed E-state index contributed by atoms with van der Waals surface area (Å²) in [6, 6.07) is 5.18. The number of amides is 1. The molecule has 0 spiro atoms. The van der Waals surface area contributed by atoms with Gasteiger partial charge in [-0.1, -0.05) is 6.07 Å². The van der Waals surface area contributed by atoms with Crippen molar-refractivity contribution in [1.82, 2.24) is 14.8 Å². The molecule has 1 aliphatic heterocycles. The highest BCUT2D eigenvalue weighted by molar-refractivity contribution is 5.82. The average Bonchev–Trinajstić information content (AvgIpc) is 2.43. The van der Waals surface area contributed by atoms with Crippen molar-refractivity contribution in [3.05, 3.63) is 34.2 Å². The van der Waals surface area contributed by atoms with Crippen LogP contribution in [0.3, 0.4) is 0 Å². The fraction of sp³-hybridized carbons (Fsp3) is 0.600. The summed E-state index contributed by atoms with van der Waals surface area (Å²) in [6.45, 7) is 9.30. The minimum absolute atomic E-state index is 0.0498. The number of carbonyl (C=O) groups is 1. The van der Waals surface area contributed by atoms with Crippen molar-refractivity contribution in [3.8, 4) is 0 Å². The first-order chi connectivity index (χ1) is 9.42. The molecule has 0 saturated carbocycles. The van der Waals surface area contributed by atoms with Gasteiger partial charge in [0.1, 0.15) is 0 Å². The largest absolute Gasteiger partial charge is 0.340 e. The zero-order valence-corrected chi connectivity index (χ0v) is 12.5. The van der Waals surface area contributed by atoms with Crippen LogP contribution in [0.5, 0.6) is 0 Å². The Balaban J connectivity index is 2.17. The summed E-state index contributed by atoms with van der Waals surface area (Å²) >= 11 is 0. The predicted octanol–water partition coefficient (Wildman–Crippen LogP) is 0.615. The lowest BCUT2D eigenvalue weighted by Crippen LogP contribution is -2.52. The smallest absolute Gasteiger partial charge is 0.250 e. The van der Waals surface area contributed by atoms with Crippen molar-refractivity contribution in [2.24, 2.45) is 5.41 Å². The van der Waals surface area contributed by atoms with Crippen LogP contribution in [0.25, 0.3) is 0 Å². The summed E-state index contributed by atoms with van der Waals surface area (Å²) in [7, 11) is 0. The van der Waals surface area contributed by atoms with Crippen LogP contribution in [0.2, 0.25) is 0 Å². The van der Waals surface area contributed by atoms with E-state index in [9.17, 15) is 9.59 Å². The van der Waals surface area contributed by atoms with Gasteiger partial charge in [0.15, 0.2) is 0 Å². The molecular weight excluding hydrogens is 254 g/mol. The number of carbonyl (C=O) groups excluding carboxylic acids is 1. The lowest BCUT2D eigenvalue weighted by Gasteiger charge is -2.35. The normalized spacial score (nSPS) is 16.2. The number of aromatic nitrogens is 1. The highest BCUT2D eigenvalue weighted by atomic mass is 16.2. The minimum Gasteiger partial charge on any atom is -0.340 e.